The van der Waals surface area contributed by atoms with Crippen molar-refractivity contribution in [3.05, 3.63) is 46.0 Å². The molecule has 4 rings (SSSR count). The van der Waals surface area contributed by atoms with E-state index in [1.807, 2.05) is 41.9 Å². The van der Waals surface area contributed by atoms with Crippen molar-refractivity contribution in [2.24, 2.45) is 14.1 Å². The van der Waals surface area contributed by atoms with E-state index in [1.54, 1.807) is 11.7 Å². The molecule has 3 heterocycles. The maximum Gasteiger partial charge on any atom is 0.278 e. The summed E-state index contributed by atoms with van der Waals surface area (Å²) in [7, 11) is 5.62. The number of hydrogen-bond donors (Lipinski definition) is 1. The second-order valence-electron chi connectivity index (χ2n) is 6.85. The third-order valence-corrected chi connectivity index (χ3v) is 4.82. The summed E-state index contributed by atoms with van der Waals surface area (Å²) in [5.41, 5.74) is 3.90. The van der Waals surface area contributed by atoms with Gasteiger partial charge in [0.25, 0.3) is 5.56 Å². The summed E-state index contributed by atoms with van der Waals surface area (Å²) < 4.78 is 3.49. The molecule has 0 spiro atoms. The molecular formula is C19H23N7O. The minimum atomic E-state index is -0.176. The number of hydrogen-bond acceptors (Lipinski definition) is 5. The lowest BCUT2D eigenvalue weighted by Gasteiger charge is -2.16. The summed E-state index contributed by atoms with van der Waals surface area (Å²) in [6.45, 7) is 2.63. The van der Waals surface area contributed by atoms with Gasteiger partial charge in [0.2, 0.25) is 5.95 Å². The molecule has 0 saturated heterocycles. The van der Waals surface area contributed by atoms with Crippen molar-refractivity contribution in [1.82, 2.24) is 29.5 Å². The number of rotatable bonds is 5. The van der Waals surface area contributed by atoms with Gasteiger partial charge in [-0.2, -0.15) is 10.2 Å². The van der Waals surface area contributed by atoms with Crippen LogP contribution in [0.5, 0.6) is 0 Å². The van der Waals surface area contributed by atoms with Crippen LogP contribution in [-0.2, 0) is 27.1 Å². The third-order valence-electron chi connectivity index (χ3n) is 4.82. The van der Waals surface area contributed by atoms with Crippen LogP contribution >= 0.6 is 0 Å². The lowest BCUT2D eigenvalue weighted by molar-refractivity contribution is 0.746. The molecule has 3 aromatic heterocycles. The molecule has 8 heteroatoms. The average Bonchev–Trinajstić information content (AvgIpc) is 3.13. The SMILES string of the molecule is CCCc1nn(C)c2c(=O)[nH]c(N(C)Cc3nn(C)c4ccccc34)nc12. The standard InChI is InChI=1S/C19H23N7O/c1-5-8-13-16-17(26(4)22-13)18(27)21-19(20-16)24(2)11-14-12-9-6-7-10-15(12)25(3)23-14/h6-7,9-10H,5,8,11H2,1-4H3,(H,20,21,27). The molecule has 8 nitrogen and oxygen atoms in total. The summed E-state index contributed by atoms with van der Waals surface area (Å²) in [6, 6.07) is 8.12. The van der Waals surface area contributed by atoms with Crippen molar-refractivity contribution in [2.45, 2.75) is 26.3 Å². The minimum Gasteiger partial charge on any atom is -0.339 e. The Labute approximate surface area is 156 Å². The lowest BCUT2D eigenvalue weighted by Crippen LogP contribution is -2.23. The highest BCUT2D eigenvalue weighted by atomic mass is 16.1. The predicted molar refractivity (Wildman–Crippen MR) is 106 cm³/mol. The molecule has 1 aromatic carbocycles. The first-order chi connectivity index (χ1) is 13.0. The van der Waals surface area contributed by atoms with Gasteiger partial charge in [0.15, 0.2) is 5.52 Å². The molecular weight excluding hydrogens is 342 g/mol. The smallest absolute Gasteiger partial charge is 0.278 e. The first-order valence-electron chi connectivity index (χ1n) is 9.07. The molecule has 0 amide bonds. The molecule has 0 aliphatic carbocycles. The Hall–Kier alpha value is -3.16. The van der Waals surface area contributed by atoms with Crippen LogP contribution in [0.15, 0.2) is 29.1 Å². The highest BCUT2D eigenvalue weighted by Gasteiger charge is 2.17. The predicted octanol–water partition coefficient (Wildman–Crippen LogP) is 2.13. The fraction of sp³-hybridized carbons (Fsp3) is 0.368. The van der Waals surface area contributed by atoms with Gasteiger partial charge in [-0.25, -0.2) is 4.98 Å². The number of para-hydroxylation sites is 1. The Morgan fingerprint density at radius 1 is 1.11 bits per heavy atom. The Kier molecular flexibility index (Phi) is 4.18. The molecule has 0 radical (unpaired) electrons. The molecule has 0 fully saturated rings. The molecule has 27 heavy (non-hydrogen) atoms. The van der Waals surface area contributed by atoms with Gasteiger partial charge in [0.1, 0.15) is 5.52 Å². The fourth-order valence-corrected chi connectivity index (χ4v) is 3.53. The number of anilines is 1. The van der Waals surface area contributed by atoms with Gasteiger partial charge in [-0.3, -0.25) is 19.1 Å². The quantitative estimate of drug-likeness (QED) is 0.586. The van der Waals surface area contributed by atoms with Crippen LogP contribution in [0.2, 0.25) is 0 Å². The van der Waals surface area contributed by atoms with Gasteiger partial charge in [-0.15, -0.1) is 0 Å². The van der Waals surface area contributed by atoms with Crippen molar-refractivity contribution in [1.29, 1.82) is 0 Å². The highest BCUT2D eigenvalue weighted by molar-refractivity contribution is 5.82. The van der Waals surface area contributed by atoms with Gasteiger partial charge < -0.3 is 4.90 Å². The monoisotopic (exact) mass is 365 g/mol. The van der Waals surface area contributed by atoms with E-state index in [0.717, 1.165) is 35.1 Å². The summed E-state index contributed by atoms with van der Waals surface area (Å²) in [4.78, 5) is 22.1. The second kappa shape index (κ2) is 6.53. The Morgan fingerprint density at radius 3 is 2.63 bits per heavy atom. The molecule has 1 N–H and O–H groups in total. The Balaban J connectivity index is 1.75. The highest BCUT2D eigenvalue weighted by Crippen LogP contribution is 2.21. The maximum absolute atomic E-state index is 12.6. The first-order valence-corrected chi connectivity index (χ1v) is 9.07. The van der Waals surface area contributed by atoms with Crippen molar-refractivity contribution in [2.75, 3.05) is 11.9 Å². The van der Waals surface area contributed by atoms with E-state index >= 15 is 0 Å². The van der Waals surface area contributed by atoms with Crippen LogP contribution in [0.1, 0.15) is 24.7 Å². The zero-order chi connectivity index (χ0) is 19.1. The number of fused-ring (bicyclic) bond motifs is 2. The fourth-order valence-electron chi connectivity index (χ4n) is 3.53. The molecule has 140 valence electrons. The average molecular weight is 365 g/mol. The maximum atomic E-state index is 12.6. The summed E-state index contributed by atoms with van der Waals surface area (Å²) in [6.07, 6.45) is 1.74. The number of nitrogens with zero attached hydrogens (tertiary/aromatic N) is 6. The molecule has 0 unspecified atom stereocenters. The lowest BCUT2D eigenvalue weighted by atomic mass is 10.2. The number of aromatic amines is 1. The van der Waals surface area contributed by atoms with Crippen LogP contribution in [0.25, 0.3) is 21.9 Å². The van der Waals surface area contributed by atoms with Crippen LogP contribution in [0.3, 0.4) is 0 Å². The van der Waals surface area contributed by atoms with E-state index in [2.05, 4.69) is 28.2 Å². The minimum absolute atomic E-state index is 0.176. The largest absolute Gasteiger partial charge is 0.339 e. The van der Waals surface area contributed by atoms with Crippen LogP contribution < -0.4 is 10.5 Å². The molecule has 0 atom stereocenters. The van der Waals surface area contributed by atoms with Gasteiger partial charge in [0, 0.05) is 26.5 Å². The number of benzene rings is 1. The zero-order valence-electron chi connectivity index (χ0n) is 16.0. The number of nitrogens with one attached hydrogen (secondary N) is 1. The molecule has 4 aromatic rings. The normalized spacial score (nSPS) is 11.6. The van der Waals surface area contributed by atoms with Crippen LogP contribution in [-0.4, -0.2) is 36.6 Å². The van der Waals surface area contributed by atoms with Crippen LogP contribution in [0.4, 0.5) is 5.95 Å². The summed E-state index contributed by atoms with van der Waals surface area (Å²) in [5.74, 6) is 0.521. The van der Waals surface area contributed by atoms with Crippen molar-refractivity contribution in [3.8, 4) is 0 Å². The second-order valence-corrected chi connectivity index (χ2v) is 6.85. The third kappa shape index (κ3) is 2.87. The van der Waals surface area contributed by atoms with Gasteiger partial charge in [0.05, 0.1) is 23.4 Å². The van der Waals surface area contributed by atoms with Crippen LogP contribution in [0, 0.1) is 0 Å². The zero-order valence-corrected chi connectivity index (χ0v) is 16.0. The van der Waals surface area contributed by atoms with E-state index < -0.39 is 0 Å². The van der Waals surface area contributed by atoms with Gasteiger partial charge >= 0.3 is 0 Å². The topological polar surface area (TPSA) is 84.6 Å². The van der Waals surface area contributed by atoms with E-state index in [0.29, 0.717) is 23.5 Å². The summed E-state index contributed by atoms with van der Waals surface area (Å²) >= 11 is 0. The van der Waals surface area contributed by atoms with Crippen molar-refractivity contribution >= 4 is 27.9 Å². The van der Waals surface area contributed by atoms with E-state index in [9.17, 15) is 4.79 Å². The van der Waals surface area contributed by atoms with E-state index in [4.69, 9.17) is 4.98 Å². The molecule has 0 bridgehead atoms. The number of aryl methyl sites for hydroxylation is 3. The molecule has 0 aliphatic heterocycles. The van der Waals surface area contributed by atoms with Gasteiger partial charge in [-0.05, 0) is 12.5 Å². The number of aromatic nitrogens is 6. The van der Waals surface area contributed by atoms with E-state index in [-0.39, 0.29) is 5.56 Å². The first kappa shape index (κ1) is 17.3. The Morgan fingerprint density at radius 2 is 1.85 bits per heavy atom. The number of H-pyrrole nitrogens is 1. The van der Waals surface area contributed by atoms with Crippen molar-refractivity contribution in [3.63, 3.8) is 0 Å². The molecule has 0 saturated carbocycles. The molecule has 0 aliphatic rings. The summed E-state index contributed by atoms with van der Waals surface area (Å²) in [5, 5.41) is 10.2. The van der Waals surface area contributed by atoms with Gasteiger partial charge in [-0.1, -0.05) is 31.5 Å². The Bertz CT molecular complexity index is 1180. The van der Waals surface area contributed by atoms with Crippen molar-refractivity contribution < 1.29 is 0 Å². The van der Waals surface area contributed by atoms with E-state index in [1.165, 1.54) is 0 Å².